The number of rotatable bonds is 5. The molecule has 1 saturated heterocycles. The first-order chi connectivity index (χ1) is 8.37. The molecular weight excluding hydrogens is 244 g/mol. The van der Waals surface area contributed by atoms with Crippen LogP contribution in [-0.2, 0) is 14.3 Å². The van der Waals surface area contributed by atoms with E-state index in [0.717, 1.165) is 36.1 Å². The predicted molar refractivity (Wildman–Crippen MR) is 76.7 cm³/mol. The molecule has 4 heteroatoms. The lowest BCUT2D eigenvalue weighted by atomic mass is 9.96. The second-order valence-electron chi connectivity index (χ2n) is 5.94. The SMILES string of the molecule is CC=CC(=O)OC(C)(C)CCC1([SiH3])CCCCO1. The molecule has 0 bridgehead atoms. The zero-order chi connectivity index (χ0) is 13.6. The van der Waals surface area contributed by atoms with Crippen molar-refractivity contribution in [3.63, 3.8) is 0 Å². The standard InChI is InChI=1S/C14H26O3Si/c1-4-7-12(15)17-13(2,3)9-10-14(18)8-5-6-11-16-14/h4,7H,5-6,8-11H2,1-3,18H3. The van der Waals surface area contributed by atoms with Gasteiger partial charge in [0.25, 0.3) is 0 Å². The molecule has 0 aromatic carbocycles. The molecule has 0 aliphatic carbocycles. The third-order valence-electron chi connectivity index (χ3n) is 3.49. The van der Waals surface area contributed by atoms with Crippen molar-refractivity contribution in [3.05, 3.63) is 12.2 Å². The first kappa shape index (κ1) is 15.4. The molecule has 1 fully saturated rings. The van der Waals surface area contributed by atoms with Crippen LogP contribution in [0.15, 0.2) is 12.2 Å². The van der Waals surface area contributed by atoms with Gasteiger partial charge in [0.15, 0.2) is 0 Å². The van der Waals surface area contributed by atoms with Crippen molar-refractivity contribution in [2.24, 2.45) is 0 Å². The maximum Gasteiger partial charge on any atom is 0.330 e. The molecule has 0 N–H and O–H groups in total. The van der Waals surface area contributed by atoms with E-state index in [1.54, 1.807) is 6.08 Å². The van der Waals surface area contributed by atoms with Crippen molar-refractivity contribution in [1.82, 2.24) is 0 Å². The van der Waals surface area contributed by atoms with Crippen molar-refractivity contribution in [2.75, 3.05) is 6.61 Å². The largest absolute Gasteiger partial charge is 0.457 e. The van der Waals surface area contributed by atoms with Gasteiger partial charge in [-0.1, -0.05) is 6.08 Å². The average Bonchev–Trinajstić information content (AvgIpc) is 2.27. The summed E-state index contributed by atoms with van der Waals surface area (Å²) in [7, 11) is 1.05. The summed E-state index contributed by atoms with van der Waals surface area (Å²) in [5.41, 5.74) is -0.408. The van der Waals surface area contributed by atoms with Gasteiger partial charge in [-0.2, -0.15) is 0 Å². The van der Waals surface area contributed by atoms with Gasteiger partial charge in [0.2, 0.25) is 0 Å². The molecule has 1 rings (SSSR count). The number of ether oxygens (including phenoxy) is 2. The quantitative estimate of drug-likeness (QED) is 0.435. The second kappa shape index (κ2) is 6.52. The highest BCUT2D eigenvalue weighted by molar-refractivity contribution is 6.14. The zero-order valence-electron chi connectivity index (χ0n) is 12.1. The number of carbonyl (C=O) groups is 1. The average molecular weight is 270 g/mol. The lowest BCUT2D eigenvalue weighted by Gasteiger charge is -2.36. The Hall–Kier alpha value is -0.613. The molecule has 1 atom stereocenters. The molecule has 1 unspecified atom stereocenters. The van der Waals surface area contributed by atoms with E-state index in [1.165, 1.54) is 18.9 Å². The highest BCUT2D eigenvalue weighted by Gasteiger charge is 2.31. The fourth-order valence-electron chi connectivity index (χ4n) is 2.25. The summed E-state index contributed by atoms with van der Waals surface area (Å²) in [6.07, 6.45) is 8.64. The maximum absolute atomic E-state index is 11.5. The van der Waals surface area contributed by atoms with Gasteiger partial charge in [-0.3, -0.25) is 0 Å². The van der Waals surface area contributed by atoms with E-state index in [1.807, 2.05) is 20.8 Å². The third-order valence-corrected chi connectivity index (χ3v) is 4.77. The van der Waals surface area contributed by atoms with Gasteiger partial charge in [0.05, 0.1) is 0 Å². The van der Waals surface area contributed by atoms with Crippen LogP contribution in [0.3, 0.4) is 0 Å². The summed E-state index contributed by atoms with van der Waals surface area (Å²) in [5.74, 6) is -0.255. The van der Waals surface area contributed by atoms with Crippen molar-refractivity contribution in [3.8, 4) is 0 Å². The van der Waals surface area contributed by atoms with Crippen molar-refractivity contribution >= 4 is 16.2 Å². The minimum absolute atomic E-state index is 0.0997. The number of hydrogen-bond donors (Lipinski definition) is 0. The molecule has 0 saturated carbocycles. The van der Waals surface area contributed by atoms with Crippen LogP contribution in [0.25, 0.3) is 0 Å². The van der Waals surface area contributed by atoms with Crippen LogP contribution in [0.5, 0.6) is 0 Å². The van der Waals surface area contributed by atoms with Gasteiger partial charge in [-0.25, -0.2) is 4.79 Å². The Balaban J connectivity index is 2.42. The lowest BCUT2D eigenvalue weighted by molar-refractivity contribution is -0.152. The molecule has 1 aliphatic heterocycles. The van der Waals surface area contributed by atoms with E-state index < -0.39 is 5.60 Å². The van der Waals surface area contributed by atoms with Crippen molar-refractivity contribution in [1.29, 1.82) is 0 Å². The van der Waals surface area contributed by atoms with Crippen LogP contribution >= 0.6 is 0 Å². The number of allylic oxidation sites excluding steroid dienone is 1. The van der Waals surface area contributed by atoms with Crippen LogP contribution < -0.4 is 0 Å². The molecular formula is C14H26O3Si. The maximum atomic E-state index is 11.5. The normalized spacial score (nSPS) is 25.5. The monoisotopic (exact) mass is 270 g/mol. The number of hydrogen-bond acceptors (Lipinski definition) is 3. The van der Waals surface area contributed by atoms with Crippen LogP contribution in [0.2, 0.25) is 0 Å². The van der Waals surface area contributed by atoms with Crippen molar-refractivity contribution in [2.45, 2.75) is 63.7 Å². The lowest BCUT2D eigenvalue weighted by Crippen LogP contribution is -2.39. The van der Waals surface area contributed by atoms with Gasteiger partial charge in [-0.05, 0) is 52.9 Å². The molecule has 3 nitrogen and oxygen atoms in total. The summed E-state index contributed by atoms with van der Waals surface area (Å²) in [4.78, 5) is 11.5. The topological polar surface area (TPSA) is 35.5 Å². The van der Waals surface area contributed by atoms with Crippen LogP contribution in [-0.4, -0.2) is 33.6 Å². The summed E-state index contributed by atoms with van der Waals surface area (Å²) < 4.78 is 11.4. The Kier molecular flexibility index (Phi) is 5.60. The van der Waals surface area contributed by atoms with E-state index in [2.05, 4.69) is 0 Å². The smallest absolute Gasteiger partial charge is 0.330 e. The zero-order valence-corrected chi connectivity index (χ0v) is 14.1. The van der Waals surface area contributed by atoms with Gasteiger partial charge in [0.1, 0.15) is 5.60 Å². The third kappa shape index (κ3) is 5.36. The Morgan fingerprint density at radius 1 is 1.50 bits per heavy atom. The molecule has 18 heavy (non-hydrogen) atoms. The summed E-state index contributed by atoms with van der Waals surface area (Å²) in [6.45, 7) is 6.66. The molecule has 1 heterocycles. The fourth-order valence-corrected chi connectivity index (χ4v) is 3.06. The van der Waals surface area contributed by atoms with E-state index >= 15 is 0 Å². The Morgan fingerprint density at radius 3 is 2.78 bits per heavy atom. The second-order valence-corrected chi connectivity index (χ2v) is 7.76. The van der Waals surface area contributed by atoms with Gasteiger partial charge < -0.3 is 9.47 Å². The summed E-state index contributed by atoms with van der Waals surface area (Å²) in [6, 6.07) is 0. The molecule has 0 aromatic rings. The van der Waals surface area contributed by atoms with Gasteiger partial charge in [-0.15, -0.1) is 0 Å². The highest BCUT2D eigenvalue weighted by atomic mass is 28.1. The van der Waals surface area contributed by atoms with Crippen LogP contribution in [0.1, 0.15) is 52.9 Å². The predicted octanol–water partition coefficient (Wildman–Crippen LogP) is 1.93. The number of esters is 1. The number of carbonyl (C=O) groups excluding carboxylic acids is 1. The van der Waals surface area contributed by atoms with E-state index in [4.69, 9.17) is 9.47 Å². The minimum Gasteiger partial charge on any atom is -0.457 e. The Morgan fingerprint density at radius 2 is 2.22 bits per heavy atom. The van der Waals surface area contributed by atoms with E-state index in [-0.39, 0.29) is 11.2 Å². The molecule has 0 spiro atoms. The highest BCUT2D eigenvalue weighted by Crippen LogP contribution is 2.30. The summed E-state index contributed by atoms with van der Waals surface area (Å²) >= 11 is 0. The Bertz CT molecular complexity index is 304. The fraction of sp³-hybridized carbons (Fsp3) is 0.786. The van der Waals surface area contributed by atoms with Crippen molar-refractivity contribution < 1.29 is 14.3 Å². The first-order valence-electron chi connectivity index (χ1n) is 6.87. The van der Waals surface area contributed by atoms with E-state index in [0.29, 0.717) is 0 Å². The molecule has 0 aromatic heterocycles. The Labute approximate surface area is 113 Å². The first-order valence-corrected chi connectivity index (χ1v) is 7.87. The minimum atomic E-state index is -0.408. The van der Waals surface area contributed by atoms with Crippen LogP contribution in [0, 0.1) is 0 Å². The summed E-state index contributed by atoms with van der Waals surface area (Å²) in [5, 5.41) is 0.0997. The van der Waals surface area contributed by atoms with Crippen LogP contribution in [0.4, 0.5) is 0 Å². The molecule has 104 valence electrons. The molecule has 0 radical (unpaired) electrons. The molecule has 0 amide bonds. The van der Waals surface area contributed by atoms with E-state index in [9.17, 15) is 4.79 Å². The van der Waals surface area contributed by atoms with Gasteiger partial charge in [0, 0.05) is 28.1 Å². The molecule has 1 aliphatic rings. The van der Waals surface area contributed by atoms with Gasteiger partial charge >= 0.3 is 5.97 Å².